The monoisotopic (exact) mass is 244 g/mol. The molecular formula is C13H28N2S. The third-order valence-electron chi connectivity index (χ3n) is 3.87. The molecule has 0 spiro atoms. The van der Waals surface area contributed by atoms with Crippen LogP contribution in [0.3, 0.4) is 0 Å². The Morgan fingerprint density at radius 3 is 2.44 bits per heavy atom. The second-order valence-corrected chi connectivity index (χ2v) is 7.29. The van der Waals surface area contributed by atoms with Crippen LogP contribution in [-0.4, -0.2) is 48.6 Å². The third kappa shape index (κ3) is 4.64. The van der Waals surface area contributed by atoms with E-state index in [2.05, 4.69) is 44.3 Å². The quantitative estimate of drug-likeness (QED) is 0.800. The summed E-state index contributed by atoms with van der Waals surface area (Å²) in [5.41, 5.74) is 0. The summed E-state index contributed by atoms with van der Waals surface area (Å²) in [6.07, 6.45) is 4.90. The molecule has 0 radical (unpaired) electrons. The first-order valence-corrected chi connectivity index (χ1v) is 7.64. The maximum Gasteiger partial charge on any atom is 0.0225 e. The summed E-state index contributed by atoms with van der Waals surface area (Å²) in [6.45, 7) is 10.6. The van der Waals surface area contributed by atoms with E-state index in [0.29, 0.717) is 10.8 Å². The van der Waals surface area contributed by atoms with E-state index in [9.17, 15) is 0 Å². The smallest absolute Gasteiger partial charge is 0.0225 e. The van der Waals surface area contributed by atoms with Crippen molar-refractivity contribution in [3.05, 3.63) is 0 Å². The first-order valence-electron chi connectivity index (χ1n) is 6.42. The van der Waals surface area contributed by atoms with Crippen molar-refractivity contribution in [2.45, 2.75) is 44.4 Å². The van der Waals surface area contributed by atoms with Crippen LogP contribution >= 0.6 is 11.8 Å². The Bertz CT molecular complexity index is 198. The van der Waals surface area contributed by atoms with Crippen molar-refractivity contribution in [3.63, 3.8) is 0 Å². The zero-order valence-electron chi connectivity index (χ0n) is 11.5. The second-order valence-electron chi connectivity index (χ2n) is 5.77. The Morgan fingerprint density at radius 2 is 1.94 bits per heavy atom. The second kappa shape index (κ2) is 6.27. The highest BCUT2D eigenvalue weighted by atomic mass is 32.2. The van der Waals surface area contributed by atoms with Crippen molar-refractivity contribution in [2.24, 2.45) is 5.92 Å². The zero-order valence-corrected chi connectivity index (χ0v) is 12.4. The lowest BCUT2D eigenvalue weighted by Gasteiger charge is -2.34. The SMILES string of the molecule is CSC(C)(C)CNC(C)C1CCN(C)CC1. The van der Waals surface area contributed by atoms with Gasteiger partial charge in [0.15, 0.2) is 0 Å². The van der Waals surface area contributed by atoms with E-state index in [-0.39, 0.29) is 0 Å². The highest BCUT2D eigenvalue weighted by Gasteiger charge is 2.24. The maximum atomic E-state index is 3.72. The van der Waals surface area contributed by atoms with Gasteiger partial charge in [0.1, 0.15) is 0 Å². The van der Waals surface area contributed by atoms with Crippen molar-refractivity contribution < 1.29 is 0 Å². The minimum Gasteiger partial charge on any atom is -0.313 e. The van der Waals surface area contributed by atoms with Crippen molar-refractivity contribution in [1.82, 2.24) is 10.2 Å². The fourth-order valence-corrected chi connectivity index (χ4v) is 2.40. The molecular weight excluding hydrogens is 216 g/mol. The Morgan fingerprint density at radius 1 is 1.38 bits per heavy atom. The first kappa shape index (κ1) is 14.3. The van der Waals surface area contributed by atoms with E-state index < -0.39 is 0 Å². The summed E-state index contributed by atoms with van der Waals surface area (Å²) in [4.78, 5) is 2.44. The molecule has 1 unspecified atom stereocenters. The molecule has 1 aliphatic heterocycles. The molecule has 0 aromatic rings. The van der Waals surface area contributed by atoms with Crippen LogP contribution in [-0.2, 0) is 0 Å². The molecule has 1 atom stereocenters. The molecule has 1 aliphatic rings. The molecule has 0 amide bonds. The molecule has 3 heteroatoms. The molecule has 96 valence electrons. The van der Waals surface area contributed by atoms with Gasteiger partial charge in [-0.25, -0.2) is 0 Å². The molecule has 0 aliphatic carbocycles. The van der Waals surface area contributed by atoms with Crippen LogP contribution in [0.15, 0.2) is 0 Å². The van der Waals surface area contributed by atoms with Crippen molar-refractivity contribution in [1.29, 1.82) is 0 Å². The molecule has 1 N–H and O–H groups in total. The Kier molecular flexibility index (Phi) is 5.62. The molecule has 16 heavy (non-hydrogen) atoms. The van der Waals surface area contributed by atoms with E-state index in [1.165, 1.54) is 25.9 Å². The Balaban J connectivity index is 2.27. The molecule has 1 fully saturated rings. The predicted molar refractivity (Wildman–Crippen MR) is 75.3 cm³/mol. The Labute approximate surface area is 106 Å². The summed E-state index contributed by atoms with van der Waals surface area (Å²) in [6, 6.07) is 0.667. The number of nitrogens with one attached hydrogen (secondary N) is 1. The molecule has 2 nitrogen and oxygen atoms in total. The van der Waals surface area contributed by atoms with Crippen LogP contribution in [0.5, 0.6) is 0 Å². The maximum absolute atomic E-state index is 3.72. The molecule has 1 rings (SSSR count). The normalized spacial score (nSPS) is 22.3. The van der Waals surface area contributed by atoms with Gasteiger partial charge in [-0.05, 0) is 65.9 Å². The number of hydrogen-bond acceptors (Lipinski definition) is 3. The number of piperidine rings is 1. The fraction of sp³-hybridized carbons (Fsp3) is 1.00. The molecule has 0 aromatic carbocycles. The first-order chi connectivity index (χ1) is 7.44. The van der Waals surface area contributed by atoms with Gasteiger partial charge >= 0.3 is 0 Å². The number of thioether (sulfide) groups is 1. The topological polar surface area (TPSA) is 15.3 Å². The van der Waals surface area contributed by atoms with Crippen molar-refractivity contribution in [3.8, 4) is 0 Å². The van der Waals surface area contributed by atoms with Crippen molar-refractivity contribution in [2.75, 3.05) is 32.9 Å². The van der Waals surface area contributed by atoms with E-state index in [4.69, 9.17) is 0 Å². The van der Waals surface area contributed by atoms with Crippen LogP contribution in [0.4, 0.5) is 0 Å². The highest BCUT2D eigenvalue weighted by Crippen LogP contribution is 2.23. The molecule has 1 saturated heterocycles. The van der Waals surface area contributed by atoms with E-state index in [1.54, 1.807) is 0 Å². The summed E-state index contributed by atoms with van der Waals surface area (Å²) in [5.74, 6) is 0.869. The molecule has 1 heterocycles. The van der Waals surface area contributed by atoms with Gasteiger partial charge in [0.25, 0.3) is 0 Å². The zero-order chi connectivity index (χ0) is 12.2. The third-order valence-corrected chi connectivity index (χ3v) is 5.12. The lowest BCUT2D eigenvalue weighted by Crippen LogP contribution is -2.44. The van der Waals surface area contributed by atoms with Gasteiger partial charge in [-0.3, -0.25) is 0 Å². The van der Waals surface area contributed by atoms with Crippen LogP contribution in [0, 0.1) is 5.92 Å². The predicted octanol–water partition coefficient (Wildman–Crippen LogP) is 2.45. The molecule has 0 saturated carbocycles. The highest BCUT2D eigenvalue weighted by molar-refractivity contribution is 7.99. The van der Waals surface area contributed by atoms with Crippen LogP contribution < -0.4 is 5.32 Å². The van der Waals surface area contributed by atoms with Crippen LogP contribution in [0.2, 0.25) is 0 Å². The number of nitrogens with zero attached hydrogens (tertiary/aromatic N) is 1. The van der Waals surface area contributed by atoms with Gasteiger partial charge in [-0.1, -0.05) is 0 Å². The standard InChI is InChI=1S/C13H28N2S/c1-11(14-10-13(2,3)16-5)12-6-8-15(4)9-7-12/h11-12,14H,6-10H2,1-5H3. The lowest BCUT2D eigenvalue weighted by molar-refractivity contribution is 0.189. The van der Waals surface area contributed by atoms with E-state index in [0.717, 1.165) is 12.5 Å². The van der Waals surface area contributed by atoms with E-state index in [1.807, 2.05) is 11.8 Å². The average Bonchev–Trinajstić information content (AvgIpc) is 2.27. The summed E-state index contributed by atoms with van der Waals surface area (Å²) < 4.78 is 0.361. The van der Waals surface area contributed by atoms with Crippen LogP contribution in [0.1, 0.15) is 33.6 Å². The number of rotatable bonds is 5. The van der Waals surface area contributed by atoms with Gasteiger partial charge in [0, 0.05) is 17.3 Å². The van der Waals surface area contributed by atoms with E-state index >= 15 is 0 Å². The Hall–Kier alpha value is 0.270. The summed E-state index contributed by atoms with van der Waals surface area (Å²) >= 11 is 1.95. The summed E-state index contributed by atoms with van der Waals surface area (Å²) in [5, 5.41) is 3.72. The summed E-state index contributed by atoms with van der Waals surface area (Å²) in [7, 11) is 2.23. The van der Waals surface area contributed by atoms with Gasteiger partial charge < -0.3 is 10.2 Å². The van der Waals surface area contributed by atoms with Crippen molar-refractivity contribution >= 4 is 11.8 Å². The number of likely N-dealkylation sites (tertiary alicyclic amines) is 1. The fourth-order valence-electron chi connectivity index (χ4n) is 2.17. The largest absolute Gasteiger partial charge is 0.313 e. The lowest BCUT2D eigenvalue weighted by atomic mass is 9.90. The van der Waals surface area contributed by atoms with Gasteiger partial charge in [-0.2, -0.15) is 11.8 Å². The van der Waals surface area contributed by atoms with Gasteiger partial charge in [0.05, 0.1) is 0 Å². The van der Waals surface area contributed by atoms with Crippen LogP contribution in [0.25, 0.3) is 0 Å². The van der Waals surface area contributed by atoms with Gasteiger partial charge in [0.2, 0.25) is 0 Å². The minimum absolute atomic E-state index is 0.361. The minimum atomic E-state index is 0.361. The average molecular weight is 244 g/mol. The number of hydrogen-bond donors (Lipinski definition) is 1. The molecule has 0 bridgehead atoms. The molecule has 0 aromatic heterocycles. The van der Waals surface area contributed by atoms with Gasteiger partial charge in [-0.15, -0.1) is 0 Å².